The minimum absolute atomic E-state index is 0.418. The SMILES string of the molecule is C=C1C(C)(C)C1(C)CC. The summed E-state index contributed by atoms with van der Waals surface area (Å²) in [4.78, 5) is 0. The second-order valence-corrected chi connectivity index (χ2v) is 3.79. The Morgan fingerprint density at radius 2 is 1.67 bits per heavy atom. The van der Waals surface area contributed by atoms with Gasteiger partial charge in [-0.05, 0) is 17.3 Å². The van der Waals surface area contributed by atoms with Gasteiger partial charge in [-0.2, -0.15) is 0 Å². The van der Waals surface area contributed by atoms with Gasteiger partial charge in [-0.1, -0.05) is 39.8 Å². The molecule has 0 aromatic rings. The zero-order chi connectivity index (χ0) is 7.28. The van der Waals surface area contributed by atoms with E-state index in [1.807, 2.05) is 0 Å². The fraction of sp³-hybridized carbons (Fsp3) is 0.778. The van der Waals surface area contributed by atoms with Gasteiger partial charge in [0.25, 0.3) is 0 Å². The van der Waals surface area contributed by atoms with Crippen LogP contribution < -0.4 is 0 Å². The Morgan fingerprint density at radius 3 is 1.67 bits per heavy atom. The summed E-state index contributed by atoms with van der Waals surface area (Å²) in [6.45, 7) is 13.1. The first-order valence-corrected chi connectivity index (χ1v) is 3.66. The van der Waals surface area contributed by atoms with Gasteiger partial charge in [0.2, 0.25) is 0 Å². The highest BCUT2D eigenvalue weighted by atomic mass is 14.6. The fourth-order valence-electron chi connectivity index (χ4n) is 1.69. The summed E-state index contributed by atoms with van der Waals surface area (Å²) >= 11 is 0. The molecule has 0 spiro atoms. The van der Waals surface area contributed by atoms with Crippen molar-refractivity contribution in [3.63, 3.8) is 0 Å². The summed E-state index contributed by atoms with van der Waals surface area (Å²) in [5.41, 5.74) is 2.30. The maximum Gasteiger partial charge on any atom is -0.00276 e. The predicted octanol–water partition coefficient (Wildman–Crippen LogP) is 3.00. The Hall–Kier alpha value is -0.260. The van der Waals surface area contributed by atoms with Crippen LogP contribution in [0.25, 0.3) is 0 Å². The van der Waals surface area contributed by atoms with Crippen molar-refractivity contribution in [3.8, 4) is 0 Å². The lowest BCUT2D eigenvalue weighted by Crippen LogP contribution is -2.00. The molecule has 0 aromatic carbocycles. The molecule has 0 heteroatoms. The molecular weight excluding hydrogens is 108 g/mol. The number of rotatable bonds is 1. The molecule has 1 aliphatic rings. The second-order valence-electron chi connectivity index (χ2n) is 3.79. The Bertz CT molecular complexity index is 153. The largest absolute Gasteiger partial charge is 0.0987 e. The molecule has 0 heterocycles. The molecule has 0 nitrogen and oxygen atoms in total. The van der Waals surface area contributed by atoms with Crippen LogP contribution in [0.3, 0.4) is 0 Å². The number of hydrogen-bond acceptors (Lipinski definition) is 0. The van der Waals surface area contributed by atoms with Crippen molar-refractivity contribution in [3.05, 3.63) is 12.2 Å². The average Bonchev–Trinajstić information content (AvgIpc) is 2.16. The number of hydrogen-bond donors (Lipinski definition) is 0. The molecule has 0 N–H and O–H groups in total. The van der Waals surface area contributed by atoms with Gasteiger partial charge < -0.3 is 0 Å². The van der Waals surface area contributed by atoms with Crippen LogP contribution in [-0.4, -0.2) is 0 Å². The molecule has 1 fully saturated rings. The van der Waals surface area contributed by atoms with Crippen molar-refractivity contribution >= 4 is 0 Å². The third-order valence-corrected chi connectivity index (χ3v) is 3.44. The minimum atomic E-state index is 0.418. The summed E-state index contributed by atoms with van der Waals surface area (Å²) < 4.78 is 0. The molecule has 1 unspecified atom stereocenters. The van der Waals surface area contributed by atoms with E-state index in [4.69, 9.17) is 0 Å². The first-order valence-electron chi connectivity index (χ1n) is 3.66. The van der Waals surface area contributed by atoms with Gasteiger partial charge in [0.15, 0.2) is 0 Å². The van der Waals surface area contributed by atoms with Crippen LogP contribution in [0.1, 0.15) is 34.1 Å². The van der Waals surface area contributed by atoms with Crippen LogP contribution >= 0.6 is 0 Å². The lowest BCUT2D eigenvalue weighted by Gasteiger charge is -2.08. The van der Waals surface area contributed by atoms with E-state index < -0.39 is 0 Å². The topological polar surface area (TPSA) is 0 Å². The van der Waals surface area contributed by atoms with Crippen molar-refractivity contribution in [1.29, 1.82) is 0 Å². The molecule has 0 bridgehead atoms. The lowest BCUT2D eigenvalue weighted by atomic mass is 9.96. The fourth-order valence-corrected chi connectivity index (χ4v) is 1.69. The molecule has 1 aliphatic carbocycles. The molecule has 1 rings (SSSR count). The Kier molecular flexibility index (Phi) is 1.08. The summed E-state index contributed by atoms with van der Waals surface area (Å²) in [6.07, 6.45) is 1.23. The van der Waals surface area contributed by atoms with Crippen LogP contribution in [0.2, 0.25) is 0 Å². The highest BCUT2D eigenvalue weighted by molar-refractivity contribution is 5.39. The Balaban J connectivity index is 2.82. The van der Waals surface area contributed by atoms with Gasteiger partial charge in [-0.3, -0.25) is 0 Å². The van der Waals surface area contributed by atoms with Gasteiger partial charge in [0.05, 0.1) is 0 Å². The average molecular weight is 124 g/mol. The first-order chi connectivity index (χ1) is 3.97. The van der Waals surface area contributed by atoms with E-state index >= 15 is 0 Å². The van der Waals surface area contributed by atoms with Crippen molar-refractivity contribution in [1.82, 2.24) is 0 Å². The maximum atomic E-state index is 4.04. The highest BCUT2D eigenvalue weighted by Crippen LogP contribution is 2.69. The van der Waals surface area contributed by atoms with E-state index in [1.54, 1.807) is 0 Å². The van der Waals surface area contributed by atoms with Crippen molar-refractivity contribution in [2.45, 2.75) is 34.1 Å². The van der Waals surface area contributed by atoms with Crippen molar-refractivity contribution < 1.29 is 0 Å². The molecule has 9 heavy (non-hydrogen) atoms. The third-order valence-electron chi connectivity index (χ3n) is 3.44. The normalized spacial score (nSPS) is 38.9. The van der Waals surface area contributed by atoms with E-state index in [2.05, 4.69) is 34.3 Å². The molecule has 0 amide bonds. The molecule has 0 aromatic heterocycles. The van der Waals surface area contributed by atoms with E-state index in [0.29, 0.717) is 10.8 Å². The molecule has 0 aliphatic heterocycles. The monoisotopic (exact) mass is 124 g/mol. The Morgan fingerprint density at radius 1 is 1.33 bits per heavy atom. The van der Waals surface area contributed by atoms with Crippen LogP contribution in [0.15, 0.2) is 12.2 Å². The molecular formula is C9H16. The van der Waals surface area contributed by atoms with Crippen LogP contribution in [-0.2, 0) is 0 Å². The van der Waals surface area contributed by atoms with Crippen molar-refractivity contribution in [2.75, 3.05) is 0 Å². The molecule has 52 valence electrons. The zero-order valence-corrected chi connectivity index (χ0v) is 6.91. The second kappa shape index (κ2) is 1.42. The highest BCUT2D eigenvalue weighted by Gasteiger charge is 2.60. The van der Waals surface area contributed by atoms with E-state index in [9.17, 15) is 0 Å². The van der Waals surface area contributed by atoms with Gasteiger partial charge in [-0.15, -0.1) is 0 Å². The Labute approximate surface area is 58.0 Å². The summed E-state index contributed by atoms with van der Waals surface area (Å²) in [7, 11) is 0. The van der Waals surface area contributed by atoms with E-state index in [1.165, 1.54) is 12.0 Å². The maximum absolute atomic E-state index is 4.04. The lowest BCUT2D eigenvalue weighted by molar-refractivity contribution is 0.407. The molecule has 0 saturated heterocycles. The zero-order valence-electron chi connectivity index (χ0n) is 6.91. The van der Waals surface area contributed by atoms with Crippen LogP contribution in [0, 0.1) is 10.8 Å². The standard InChI is InChI=1S/C9H16/c1-6-9(5)7(2)8(9,3)4/h2,6H2,1,3-5H3. The molecule has 1 saturated carbocycles. The molecule has 0 radical (unpaired) electrons. The third kappa shape index (κ3) is 0.540. The van der Waals surface area contributed by atoms with Gasteiger partial charge >= 0.3 is 0 Å². The van der Waals surface area contributed by atoms with E-state index in [0.717, 1.165) is 0 Å². The van der Waals surface area contributed by atoms with Crippen molar-refractivity contribution in [2.24, 2.45) is 10.8 Å². The van der Waals surface area contributed by atoms with Crippen LogP contribution in [0.5, 0.6) is 0 Å². The molecule has 1 atom stereocenters. The van der Waals surface area contributed by atoms with Gasteiger partial charge in [-0.25, -0.2) is 0 Å². The number of allylic oxidation sites excluding steroid dienone is 1. The smallest absolute Gasteiger partial charge is 0.00276 e. The minimum Gasteiger partial charge on any atom is -0.0987 e. The quantitative estimate of drug-likeness (QED) is 0.471. The van der Waals surface area contributed by atoms with E-state index in [-0.39, 0.29) is 0 Å². The summed E-state index contributed by atoms with van der Waals surface area (Å²) in [5.74, 6) is 0. The summed E-state index contributed by atoms with van der Waals surface area (Å²) in [6, 6.07) is 0. The first kappa shape index (κ1) is 6.85. The van der Waals surface area contributed by atoms with Gasteiger partial charge in [0.1, 0.15) is 0 Å². The van der Waals surface area contributed by atoms with Crippen LogP contribution in [0.4, 0.5) is 0 Å². The van der Waals surface area contributed by atoms with Gasteiger partial charge in [0, 0.05) is 0 Å². The summed E-state index contributed by atoms with van der Waals surface area (Å²) in [5, 5.41) is 0. The predicted molar refractivity (Wildman–Crippen MR) is 41.3 cm³/mol.